The molecule has 0 saturated heterocycles. The molecule has 0 saturated carbocycles. The van der Waals surface area contributed by atoms with Crippen LogP contribution in [0.3, 0.4) is 0 Å². The second kappa shape index (κ2) is 5.07. The molecule has 0 bridgehead atoms. The number of halogens is 1. The first-order valence-electron chi connectivity index (χ1n) is 5.60. The number of nitrogens with zero attached hydrogens (tertiary/aromatic N) is 2. The van der Waals surface area contributed by atoms with Crippen LogP contribution in [0.4, 0.5) is 4.39 Å². The van der Waals surface area contributed by atoms with Gasteiger partial charge in [-0.2, -0.15) is 0 Å². The van der Waals surface area contributed by atoms with Crippen LogP contribution in [-0.2, 0) is 0 Å². The minimum absolute atomic E-state index is 0.234. The van der Waals surface area contributed by atoms with Gasteiger partial charge in [0, 0.05) is 10.9 Å². The van der Waals surface area contributed by atoms with Crippen LogP contribution in [-0.4, -0.2) is 15.2 Å². The number of aromatic amines is 1. The SMILES string of the molecule is Cc1nc(Sc2cc(C)c(F)cc2C(C)N)n[nH]1. The quantitative estimate of drug-likeness (QED) is 0.896. The molecule has 2 aromatic rings. The third kappa shape index (κ3) is 2.70. The maximum absolute atomic E-state index is 13.6. The minimum Gasteiger partial charge on any atom is -0.324 e. The van der Waals surface area contributed by atoms with Gasteiger partial charge in [-0.25, -0.2) is 9.37 Å². The fraction of sp³-hybridized carbons (Fsp3) is 0.333. The third-order valence-electron chi connectivity index (χ3n) is 2.56. The fourth-order valence-electron chi connectivity index (χ4n) is 1.58. The predicted molar refractivity (Wildman–Crippen MR) is 69.0 cm³/mol. The molecule has 6 heteroatoms. The van der Waals surface area contributed by atoms with Crippen molar-refractivity contribution in [1.82, 2.24) is 15.2 Å². The Hall–Kier alpha value is -1.40. The fourth-order valence-corrected chi connectivity index (χ4v) is 2.65. The monoisotopic (exact) mass is 266 g/mol. The smallest absolute Gasteiger partial charge is 0.213 e. The van der Waals surface area contributed by atoms with Crippen LogP contribution in [0.15, 0.2) is 22.2 Å². The molecule has 1 atom stereocenters. The predicted octanol–water partition coefficient (Wildman–Crippen LogP) is 2.73. The Morgan fingerprint density at radius 3 is 2.67 bits per heavy atom. The first-order chi connectivity index (χ1) is 8.47. The summed E-state index contributed by atoms with van der Waals surface area (Å²) in [4.78, 5) is 5.11. The summed E-state index contributed by atoms with van der Waals surface area (Å²) < 4.78 is 13.6. The van der Waals surface area contributed by atoms with E-state index in [1.165, 1.54) is 17.8 Å². The summed E-state index contributed by atoms with van der Waals surface area (Å²) in [5.74, 6) is 0.511. The Morgan fingerprint density at radius 2 is 2.11 bits per heavy atom. The molecule has 1 aromatic carbocycles. The molecule has 96 valence electrons. The van der Waals surface area contributed by atoms with Gasteiger partial charge in [-0.15, -0.1) is 5.10 Å². The van der Waals surface area contributed by atoms with Gasteiger partial charge in [0.1, 0.15) is 11.6 Å². The van der Waals surface area contributed by atoms with Gasteiger partial charge in [0.15, 0.2) is 0 Å². The van der Waals surface area contributed by atoms with Gasteiger partial charge in [0.05, 0.1) is 0 Å². The van der Waals surface area contributed by atoms with E-state index < -0.39 is 0 Å². The topological polar surface area (TPSA) is 67.6 Å². The first-order valence-corrected chi connectivity index (χ1v) is 6.41. The summed E-state index contributed by atoms with van der Waals surface area (Å²) >= 11 is 1.39. The number of nitrogens with one attached hydrogen (secondary N) is 1. The molecule has 18 heavy (non-hydrogen) atoms. The Kier molecular flexibility index (Phi) is 3.68. The van der Waals surface area contributed by atoms with E-state index in [0.717, 1.165) is 16.3 Å². The summed E-state index contributed by atoms with van der Waals surface area (Å²) in [7, 11) is 0. The highest BCUT2D eigenvalue weighted by Gasteiger charge is 2.13. The van der Waals surface area contributed by atoms with Gasteiger partial charge < -0.3 is 5.73 Å². The van der Waals surface area contributed by atoms with Gasteiger partial charge >= 0.3 is 0 Å². The van der Waals surface area contributed by atoms with Crippen LogP contribution in [0, 0.1) is 19.7 Å². The van der Waals surface area contributed by atoms with Crippen LogP contribution < -0.4 is 5.73 Å². The molecule has 1 heterocycles. The largest absolute Gasteiger partial charge is 0.324 e. The van der Waals surface area contributed by atoms with Crippen molar-refractivity contribution in [3.63, 3.8) is 0 Å². The van der Waals surface area contributed by atoms with Gasteiger partial charge in [-0.05, 0) is 55.8 Å². The number of nitrogens with two attached hydrogens (primary N) is 1. The van der Waals surface area contributed by atoms with Crippen molar-refractivity contribution in [2.45, 2.75) is 36.9 Å². The molecule has 0 aliphatic heterocycles. The van der Waals surface area contributed by atoms with E-state index in [4.69, 9.17) is 5.73 Å². The first kappa shape index (κ1) is 13.0. The van der Waals surface area contributed by atoms with Crippen molar-refractivity contribution in [2.24, 2.45) is 5.73 Å². The number of hydrogen-bond acceptors (Lipinski definition) is 4. The highest BCUT2D eigenvalue weighted by molar-refractivity contribution is 7.99. The van der Waals surface area contributed by atoms with E-state index in [0.29, 0.717) is 10.7 Å². The van der Waals surface area contributed by atoms with Crippen molar-refractivity contribution in [3.8, 4) is 0 Å². The van der Waals surface area contributed by atoms with Gasteiger partial charge in [-0.3, -0.25) is 5.10 Å². The van der Waals surface area contributed by atoms with Crippen LogP contribution in [0.2, 0.25) is 0 Å². The lowest BCUT2D eigenvalue weighted by Gasteiger charge is -2.12. The Balaban J connectivity index is 2.39. The van der Waals surface area contributed by atoms with Crippen molar-refractivity contribution < 1.29 is 4.39 Å². The summed E-state index contributed by atoms with van der Waals surface area (Å²) in [6, 6.07) is 3.04. The van der Waals surface area contributed by atoms with Crippen molar-refractivity contribution in [1.29, 1.82) is 0 Å². The summed E-state index contributed by atoms with van der Waals surface area (Å²) in [5, 5.41) is 7.44. The Labute approximate surface area is 109 Å². The maximum atomic E-state index is 13.6. The van der Waals surface area contributed by atoms with Crippen molar-refractivity contribution >= 4 is 11.8 Å². The molecule has 1 unspecified atom stereocenters. The second-order valence-corrected chi connectivity index (χ2v) is 5.24. The van der Waals surface area contributed by atoms with Gasteiger partial charge in [0.2, 0.25) is 5.16 Å². The van der Waals surface area contributed by atoms with Crippen LogP contribution in [0.1, 0.15) is 29.9 Å². The Morgan fingerprint density at radius 1 is 1.39 bits per heavy atom. The summed E-state index contributed by atoms with van der Waals surface area (Å²) in [5.41, 5.74) is 7.22. The molecule has 0 aliphatic rings. The van der Waals surface area contributed by atoms with Crippen LogP contribution >= 0.6 is 11.8 Å². The molecule has 0 amide bonds. The molecule has 3 N–H and O–H groups in total. The molecule has 0 radical (unpaired) electrons. The van der Waals surface area contributed by atoms with Gasteiger partial charge in [0.25, 0.3) is 0 Å². The highest BCUT2D eigenvalue weighted by atomic mass is 32.2. The van der Waals surface area contributed by atoms with E-state index in [-0.39, 0.29) is 11.9 Å². The van der Waals surface area contributed by atoms with E-state index >= 15 is 0 Å². The summed E-state index contributed by atoms with van der Waals surface area (Å²) in [6.45, 7) is 5.39. The van der Waals surface area contributed by atoms with Crippen molar-refractivity contribution in [3.05, 3.63) is 34.9 Å². The highest BCUT2D eigenvalue weighted by Crippen LogP contribution is 2.32. The van der Waals surface area contributed by atoms with E-state index in [9.17, 15) is 4.39 Å². The van der Waals surface area contributed by atoms with E-state index in [1.807, 2.05) is 13.8 Å². The zero-order chi connectivity index (χ0) is 13.3. The van der Waals surface area contributed by atoms with Gasteiger partial charge in [-0.1, -0.05) is 0 Å². The molecule has 0 aliphatic carbocycles. The standard InChI is InChI=1S/C12H15FN4S/c1-6-4-11(9(7(2)14)5-10(6)13)18-12-15-8(3)16-17-12/h4-5,7H,14H2,1-3H3,(H,15,16,17). The lowest BCUT2D eigenvalue weighted by atomic mass is 10.1. The number of aromatic nitrogens is 3. The molecule has 4 nitrogen and oxygen atoms in total. The van der Waals surface area contributed by atoms with E-state index in [2.05, 4.69) is 15.2 Å². The molecular formula is C12H15FN4S. The average Bonchev–Trinajstić information content (AvgIpc) is 2.68. The molecular weight excluding hydrogens is 251 g/mol. The number of hydrogen-bond donors (Lipinski definition) is 2. The van der Waals surface area contributed by atoms with E-state index in [1.54, 1.807) is 13.0 Å². The number of benzene rings is 1. The third-order valence-corrected chi connectivity index (χ3v) is 3.50. The zero-order valence-electron chi connectivity index (χ0n) is 10.5. The average molecular weight is 266 g/mol. The lowest BCUT2D eigenvalue weighted by molar-refractivity contribution is 0.610. The van der Waals surface area contributed by atoms with Crippen LogP contribution in [0.25, 0.3) is 0 Å². The number of aryl methyl sites for hydroxylation is 2. The van der Waals surface area contributed by atoms with Crippen LogP contribution in [0.5, 0.6) is 0 Å². The number of H-pyrrole nitrogens is 1. The Bertz CT molecular complexity index is 565. The molecule has 1 aromatic heterocycles. The molecule has 0 spiro atoms. The minimum atomic E-state index is -0.238. The lowest BCUT2D eigenvalue weighted by Crippen LogP contribution is -2.07. The van der Waals surface area contributed by atoms with Crippen molar-refractivity contribution in [2.75, 3.05) is 0 Å². The second-order valence-electron chi connectivity index (χ2n) is 4.23. The normalized spacial score (nSPS) is 12.7. The molecule has 0 fully saturated rings. The summed E-state index contributed by atoms with van der Waals surface area (Å²) in [6.07, 6.45) is 0. The number of rotatable bonds is 3. The maximum Gasteiger partial charge on any atom is 0.213 e. The zero-order valence-corrected chi connectivity index (χ0v) is 11.3. The molecule has 2 rings (SSSR count).